The van der Waals surface area contributed by atoms with Crippen LogP contribution < -0.4 is 5.32 Å². The van der Waals surface area contributed by atoms with E-state index < -0.39 is 11.8 Å². The van der Waals surface area contributed by atoms with Gasteiger partial charge in [0.05, 0.1) is 4.48 Å². The lowest BCUT2D eigenvalue weighted by atomic mass is 10.2. The van der Waals surface area contributed by atoms with Crippen molar-refractivity contribution < 1.29 is 19.1 Å². The van der Waals surface area contributed by atoms with Crippen LogP contribution in [0.2, 0.25) is 0 Å². The number of aliphatic carboxylic acids is 1. The first-order valence-electron chi connectivity index (χ1n) is 4.15. The van der Waals surface area contributed by atoms with Gasteiger partial charge in [0.1, 0.15) is 11.5 Å². The van der Waals surface area contributed by atoms with E-state index in [9.17, 15) is 14.0 Å². The van der Waals surface area contributed by atoms with Gasteiger partial charge in [-0.3, -0.25) is 4.79 Å². The van der Waals surface area contributed by atoms with Gasteiger partial charge in [-0.05, 0) is 33.6 Å². The molecule has 1 aromatic rings. The standard InChI is InChI=1S/C10H7BrFNO3/c11-8(9(10(15)16)13-5-14)6-2-1-3-7(12)4-6/h1-5H,(H,13,14)(H,15,16)/b9-8-. The Bertz CT molecular complexity index is 459. The van der Waals surface area contributed by atoms with Crippen LogP contribution in [0.1, 0.15) is 5.56 Å². The van der Waals surface area contributed by atoms with Crippen molar-refractivity contribution >= 4 is 32.8 Å². The fraction of sp³-hybridized carbons (Fsp3) is 0. The number of carboxylic acid groups (broad SMARTS) is 1. The van der Waals surface area contributed by atoms with Crippen molar-refractivity contribution in [3.05, 3.63) is 41.3 Å². The fourth-order valence-corrected chi connectivity index (χ4v) is 1.58. The first-order chi connectivity index (χ1) is 7.56. The Morgan fingerprint density at radius 3 is 2.69 bits per heavy atom. The third kappa shape index (κ3) is 2.90. The van der Waals surface area contributed by atoms with Gasteiger partial charge in [0, 0.05) is 0 Å². The van der Waals surface area contributed by atoms with E-state index in [1.807, 2.05) is 5.32 Å². The van der Waals surface area contributed by atoms with E-state index in [1.165, 1.54) is 18.2 Å². The summed E-state index contributed by atoms with van der Waals surface area (Å²) in [6.07, 6.45) is 0.240. The molecule has 0 aromatic heterocycles. The van der Waals surface area contributed by atoms with Gasteiger partial charge in [0.15, 0.2) is 0 Å². The monoisotopic (exact) mass is 287 g/mol. The van der Waals surface area contributed by atoms with Gasteiger partial charge >= 0.3 is 5.97 Å². The van der Waals surface area contributed by atoms with Gasteiger partial charge in [-0.25, -0.2) is 9.18 Å². The normalized spacial score (nSPS) is 11.6. The average molecular weight is 288 g/mol. The maximum Gasteiger partial charge on any atom is 0.353 e. The van der Waals surface area contributed by atoms with E-state index in [2.05, 4.69) is 15.9 Å². The van der Waals surface area contributed by atoms with Crippen LogP contribution in [0.25, 0.3) is 4.48 Å². The van der Waals surface area contributed by atoms with Gasteiger partial charge in [-0.15, -0.1) is 0 Å². The molecule has 0 aliphatic rings. The molecule has 0 saturated heterocycles. The van der Waals surface area contributed by atoms with Crippen LogP contribution in [0.4, 0.5) is 4.39 Å². The molecule has 1 aromatic carbocycles. The van der Waals surface area contributed by atoms with Crippen molar-refractivity contribution in [3.8, 4) is 0 Å². The molecule has 1 rings (SSSR count). The minimum absolute atomic E-state index is 0.103. The summed E-state index contributed by atoms with van der Waals surface area (Å²) in [6.45, 7) is 0. The molecule has 0 heterocycles. The molecule has 0 bridgehead atoms. The Morgan fingerprint density at radius 1 is 1.50 bits per heavy atom. The molecular weight excluding hydrogens is 281 g/mol. The highest BCUT2D eigenvalue weighted by molar-refractivity contribution is 9.15. The molecule has 0 aliphatic carbocycles. The molecule has 0 saturated carbocycles. The third-order valence-corrected chi connectivity index (χ3v) is 2.57. The van der Waals surface area contributed by atoms with Crippen molar-refractivity contribution in [1.82, 2.24) is 5.32 Å². The molecule has 0 unspecified atom stereocenters. The van der Waals surface area contributed by atoms with E-state index in [1.54, 1.807) is 0 Å². The van der Waals surface area contributed by atoms with Gasteiger partial charge in [-0.1, -0.05) is 12.1 Å². The SMILES string of the molecule is O=CN/C(C(=O)O)=C(\Br)c1cccc(F)c1. The molecule has 6 heteroatoms. The number of nitrogens with one attached hydrogen (secondary N) is 1. The van der Waals surface area contributed by atoms with Crippen molar-refractivity contribution in [2.75, 3.05) is 0 Å². The van der Waals surface area contributed by atoms with Crippen molar-refractivity contribution in [3.63, 3.8) is 0 Å². The quantitative estimate of drug-likeness (QED) is 0.655. The van der Waals surface area contributed by atoms with E-state index >= 15 is 0 Å². The summed E-state index contributed by atoms with van der Waals surface area (Å²) in [5.41, 5.74) is -0.0210. The van der Waals surface area contributed by atoms with Crippen LogP contribution >= 0.6 is 15.9 Å². The van der Waals surface area contributed by atoms with Crippen LogP contribution in [0, 0.1) is 5.82 Å². The fourth-order valence-electron chi connectivity index (χ4n) is 1.05. The Morgan fingerprint density at radius 2 is 2.19 bits per heavy atom. The van der Waals surface area contributed by atoms with Crippen LogP contribution in [0.3, 0.4) is 0 Å². The summed E-state index contributed by atoms with van der Waals surface area (Å²) in [7, 11) is 0. The minimum atomic E-state index is -1.32. The minimum Gasteiger partial charge on any atom is -0.477 e. The second kappa shape index (κ2) is 5.41. The number of carbonyl (C=O) groups is 2. The molecule has 2 N–H and O–H groups in total. The van der Waals surface area contributed by atoms with Gasteiger partial charge in [-0.2, -0.15) is 0 Å². The van der Waals surface area contributed by atoms with Gasteiger partial charge in [0.2, 0.25) is 6.41 Å². The topological polar surface area (TPSA) is 66.4 Å². The molecule has 4 nitrogen and oxygen atoms in total. The molecule has 0 aliphatic heterocycles. The zero-order valence-electron chi connectivity index (χ0n) is 7.91. The molecule has 0 spiro atoms. The first kappa shape index (κ1) is 12.4. The number of hydrogen-bond acceptors (Lipinski definition) is 2. The summed E-state index contributed by atoms with van der Waals surface area (Å²) in [5.74, 6) is -1.81. The van der Waals surface area contributed by atoms with Gasteiger partial charge in [0.25, 0.3) is 0 Å². The van der Waals surface area contributed by atoms with Crippen molar-refractivity contribution in [2.24, 2.45) is 0 Å². The second-order valence-electron chi connectivity index (χ2n) is 2.77. The Labute approximate surface area is 98.9 Å². The Hall–Kier alpha value is -1.69. The molecule has 84 valence electrons. The maximum atomic E-state index is 12.9. The van der Waals surface area contributed by atoms with Crippen LogP contribution in [0.5, 0.6) is 0 Å². The van der Waals surface area contributed by atoms with Crippen LogP contribution in [-0.4, -0.2) is 17.5 Å². The lowest BCUT2D eigenvalue weighted by Crippen LogP contribution is -2.19. The lowest BCUT2D eigenvalue weighted by Gasteiger charge is -2.05. The highest BCUT2D eigenvalue weighted by Crippen LogP contribution is 2.24. The van der Waals surface area contributed by atoms with Crippen LogP contribution in [0.15, 0.2) is 30.0 Å². The van der Waals surface area contributed by atoms with Crippen LogP contribution in [-0.2, 0) is 9.59 Å². The number of rotatable bonds is 4. The highest BCUT2D eigenvalue weighted by Gasteiger charge is 2.13. The third-order valence-electron chi connectivity index (χ3n) is 1.71. The number of benzene rings is 1. The Balaban J connectivity index is 3.23. The zero-order valence-corrected chi connectivity index (χ0v) is 9.49. The summed E-state index contributed by atoms with van der Waals surface area (Å²) in [6, 6.07) is 5.34. The number of carboxylic acids is 1. The first-order valence-corrected chi connectivity index (χ1v) is 4.94. The van der Waals surface area contributed by atoms with E-state index in [4.69, 9.17) is 5.11 Å². The smallest absolute Gasteiger partial charge is 0.353 e. The van der Waals surface area contributed by atoms with E-state index in [-0.39, 0.29) is 16.6 Å². The zero-order chi connectivity index (χ0) is 12.1. The summed E-state index contributed by atoms with van der Waals surface area (Å²) in [4.78, 5) is 21.0. The molecule has 0 radical (unpaired) electrons. The van der Waals surface area contributed by atoms with Crippen molar-refractivity contribution in [1.29, 1.82) is 0 Å². The molecule has 0 atom stereocenters. The number of carbonyl (C=O) groups excluding carboxylic acids is 1. The highest BCUT2D eigenvalue weighted by atomic mass is 79.9. The number of amides is 1. The molecular formula is C10H7BrFNO3. The number of halogens is 2. The summed E-state index contributed by atoms with van der Waals surface area (Å²) < 4.78 is 13.0. The van der Waals surface area contributed by atoms with Crippen molar-refractivity contribution in [2.45, 2.75) is 0 Å². The number of hydrogen-bond donors (Lipinski definition) is 2. The second-order valence-corrected chi connectivity index (χ2v) is 3.56. The summed E-state index contributed by atoms with van der Waals surface area (Å²) in [5, 5.41) is 10.8. The predicted molar refractivity (Wildman–Crippen MR) is 59.1 cm³/mol. The molecule has 1 amide bonds. The van der Waals surface area contributed by atoms with E-state index in [0.29, 0.717) is 5.56 Å². The average Bonchev–Trinajstić information content (AvgIpc) is 2.24. The molecule has 16 heavy (non-hydrogen) atoms. The largest absolute Gasteiger partial charge is 0.477 e. The lowest BCUT2D eigenvalue weighted by molar-refractivity contribution is -0.133. The molecule has 0 fully saturated rings. The maximum absolute atomic E-state index is 12.9. The predicted octanol–water partition coefficient (Wildman–Crippen LogP) is 1.72. The van der Waals surface area contributed by atoms with Gasteiger partial charge < -0.3 is 10.4 Å². The van der Waals surface area contributed by atoms with E-state index in [0.717, 1.165) is 6.07 Å². The summed E-state index contributed by atoms with van der Waals surface area (Å²) >= 11 is 3.00. The Kier molecular flexibility index (Phi) is 4.19.